The van der Waals surface area contributed by atoms with Crippen molar-refractivity contribution in [3.8, 4) is 5.75 Å². The van der Waals surface area contributed by atoms with Gasteiger partial charge in [0.25, 0.3) is 5.69 Å². The second-order valence-corrected chi connectivity index (χ2v) is 4.64. The van der Waals surface area contributed by atoms with Gasteiger partial charge in [-0.1, -0.05) is 12.8 Å². The summed E-state index contributed by atoms with van der Waals surface area (Å²) in [5.74, 6) is 0.221. The van der Waals surface area contributed by atoms with E-state index in [1.54, 1.807) is 0 Å². The van der Waals surface area contributed by atoms with Crippen LogP contribution in [0.3, 0.4) is 0 Å². The Bertz CT molecular complexity index is 491. The fraction of sp³-hybridized carbons (Fsp3) is 0.500. The number of nitro benzene ring substituents is 1. The van der Waals surface area contributed by atoms with Crippen LogP contribution in [0.4, 0.5) is 11.4 Å². The Morgan fingerprint density at radius 2 is 2.05 bits per heavy atom. The number of nitro groups is 1. The van der Waals surface area contributed by atoms with E-state index in [0.29, 0.717) is 24.4 Å². The van der Waals surface area contributed by atoms with Gasteiger partial charge in [-0.25, -0.2) is 0 Å². The van der Waals surface area contributed by atoms with Crippen molar-refractivity contribution < 1.29 is 14.5 Å². The van der Waals surface area contributed by atoms with Crippen LogP contribution >= 0.6 is 0 Å². The molecule has 7 nitrogen and oxygen atoms in total. The van der Waals surface area contributed by atoms with Crippen molar-refractivity contribution in [3.05, 3.63) is 28.3 Å². The topological polar surface area (TPSA) is 107 Å². The Morgan fingerprint density at radius 3 is 2.67 bits per heavy atom. The van der Waals surface area contributed by atoms with Gasteiger partial charge in [0.15, 0.2) is 0 Å². The molecule has 0 aliphatic rings. The molecule has 0 bridgehead atoms. The highest BCUT2D eigenvalue weighted by Crippen LogP contribution is 2.29. The number of benzene rings is 1. The Labute approximate surface area is 123 Å². The summed E-state index contributed by atoms with van der Waals surface area (Å²) in [6.45, 7) is 0.664. The van der Waals surface area contributed by atoms with Gasteiger partial charge in [-0.05, 0) is 25.5 Å². The minimum Gasteiger partial charge on any atom is -0.495 e. The van der Waals surface area contributed by atoms with E-state index in [1.165, 1.54) is 25.3 Å². The van der Waals surface area contributed by atoms with Crippen LogP contribution in [0.15, 0.2) is 18.2 Å². The molecule has 21 heavy (non-hydrogen) atoms. The van der Waals surface area contributed by atoms with Crippen molar-refractivity contribution in [1.29, 1.82) is 0 Å². The number of ether oxygens (including phenoxy) is 1. The lowest BCUT2D eigenvalue weighted by atomic mass is 10.1. The average Bonchev–Trinajstić information content (AvgIpc) is 2.46. The first-order chi connectivity index (χ1) is 10.1. The molecule has 0 unspecified atom stereocenters. The third-order valence-electron chi connectivity index (χ3n) is 3.03. The number of non-ortho nitro benzene ring substituents is 1. The summed E-state index contributed by atoms with van der Waals surface area (Å²) in [4.78, 5) is 22.1. The summed E-state index contributed by atoms with van der Waals surface area (Å²) in [5, 5.41) is 13.4. The first-order valence-corrected chi connectivity index (χ1v) is 6.91. The summed E-state index contributed by atoms with van der Waals surface area (Å²) < 4.78 is 5.09. The van der Waals surface area contributed by atoms with Crippen LogP contribution in [0, 0.1) is 10.1 Å². The zero-order chi connectivity index (χ0) is 15.7. The Kier molecular flexibility index (Phi) is 7.17. The van der Waals surface area contributed by atoms with Crippen molar-refractivity contribution in [2.45, 2.75) is 32.1 Å². The Morgan fingerprint density at radius 1 is 1.33 bits per heavy atom. The van der Waals surface area contributed by atoms with Crippen LogP contribution < -0.4 is 15.8 Å². The van der Waals surface area contributed by atoms with Gasteiger partial charge in [-0.15, -0.1) is 0 Å². The third kappa shape index (κ3) is 5.78. The van der Waals surface area contributed by atoms with E-state index >= 15 is 0 Å². The molecule has 3 N–H and O–H groups in total. The zero-order valence-electron chi connectivity index (χ0n) is 12.1. The highest BCUT2D eigenvalue weighted by Gasteiger charge is 2.13. The van der Waals surface area contributed by atoms with Crippen LogP contribution in [0.2, 0.25) is 0 Å². The van der Waals surface area contributed by atoms with Crippen LogP contribution in [0.25, 0.3) is 0 Å². The minimum absolute atomic E-state index is 0.0888. The predicted octanol–water partition coefficient (Wildman–Crippen LogP) is 2.45. The maximum atomic E-state index is 11.8. The van der Waals surface area contributed by atoms with Crippen molar-refractivity contribution in [2.24, 2.45) is 5.73 Å². The SMILES string of the molecule is COc1ccc([N+](=O)[O-])cc1NC(=O)CCCCCCN. The van der Waals surface area contributed by atoms with Crippen LogP contribution in [0.1, 0.15) is 32.1 Å². The molecule has 0 aliphatic heterocycles. The van der Waals surface area contributed by atoms with Gasteiger partial charge in [-0.3, -0.25) is 14.9 Å². The number of nitrogens with zero attached hydrogens (tertiary/aromatic N) is 1. The molecule has 1 aromatic carbocycles. The van der Waals surface area contributed by atoms with Crippen molar-refractivity contribution in [1.82, 2.24) is 0 Å². The monoisotopic (exact) mass is 295 g/mol. The molecule has 0 atom stereocenters. The van der Waals surface area contributed by atoms with E-state index in [2.05, 4.69) is 5.32 Å². The fourth-order valence-electron chi connectivity index (χ4n) is 1.90. The predicted molar refractivity (Wildman–Crippen MR) is 80.4 cm³/mol. The number of nitrogens with one attached hydrogen (secondary N) is 1. The molecule has 1 amide bonds. The molecule has 0 aromatic heterocycles. The average molecular weight is 295 g/mol. The van der Waals surface area contributed by atoms with Crippen molar-refractivity contribution in [3.63, 3.8) is 0 Å². The van der Waals surface area contributed by atoms with E-state index in [4.69, 9.17) is 10.5 Å². The number of anilines is 1. The molecule has 116 valence electrons. The molecule has 0 heterocycles. The number of nitrogens with two attached hydrogens (primary N) is 1. The fourth-order valence-corrected chi connectivity index (χ4v) is 1.90. The molecule has 0 radical (unpaired) electrons. The third-order valence-corrected chi connectivity index (χ3v) is 3.03. The quantitative estimate of drug-likeness (QED) is 0.413. The largest absolute Gasteiger partial charge is 0.495 e. The molecule has 7 heteroatoms. The standard InChI is InChI=1S/C14H21N3O4/c1-21-13-8-7-11(17(19)20)10-12(13)16-14(18)6-4-2-3-5-9-15/h7-8,10H,2-6,9,15H2,1H3,(H,16,18). The smallest absolute Gasteiger partial charge is 0.271 e. The van der Waals surface area contributed by atoms with Gasteiger partial charge in [0.1, 0.15) is 5.75 Å². The van der Waals surface area contributed by atoms with Gasteiger partial charge in [0.05, 0.1) is 17.7 Å². The molecule has 0 saturated heterocycles. The first kappa shape index (κ1) is 16.9. The molecule has 0 saturated carbocycles. The molecule has 0 fully saturated rings. The lowest BCUT2D eigenvalue weighted by molar-refractivity contribution is -0.384. The molecule has 0 spiro atoms. The van der Waals surface area contributed by atoms with Crippen molar-refractivity contribution >= 4 is 17.3 Å². The Hall–Kier alpha value is -2.15. The second kappa shape index (κ2) is 8.91. The lowest BCUT2D eigenvalue weighted by Gasteiger charge is -2.10. The van der Waals surface area contributed by atoms with Crippen molar-refractivity contribution in [2.75, 3.05) is 19.0 Å². The number of hydrogen-bond donors (Lipinski definition) is 2. The van der Waals surface area contributed by atoms with E-state index < -0.39 is 4.92 Å². The number of carbonyl (C=O) groups excluding carboxylic acids is 1. The summed E-state index contributed by atoms with van der Waals surface area (Å²) >= 11 is 0. The number of hydrogen-bond acceptors (Lipinski definition) is 5. The summed E-state index contributed by atoms with van der Waals surface area (Å²) in [6.07, 6.45) is 4.04. The Balaban J connectivity index is 2.57. The van der Waals surface area contributed by atoms with Crippen LogP contribution in [0.5, 0.6) is 5.75 Å². The molecular weight excluding hydrogens is 274 g/mol. The van der Waals surface area contributed by atoms with Gasteiger partial charge in [-0.2, -0.15) is 0 Å². The van der Waals surface area contributed by atoms with Gasteiger partial charge < -0.3 is 15.8 Å². The zero-order valence-corrected chi connectivity index (χ0v) is 12.1. The second-order valence-electron chi connectivity index (χ2n) is 4.64. The maximum Gasteiger partial charge on any atom is 0.271 e. The lowest BCUT2D eigenvalue weighted by Crippen LogP contribution is -2.12. The normalized spacial score (nSPS) is 10.2. The van der Waals surface area contributed by atoms with E-state index in [9.17, 15) is 14.9 Å². The van der Waals surface area contributed by atoms with Crippen LogP contribution in [-0.4, -0.2) is 24.5 Å². The highest BCUT2D eigenvalue weighted by atomic mass is 16.6. The number of unbranched alkanes of at least 4 members (excludes halogenated alkanes) is 3. The van der Waals surface area contributed by atoms with Gasteiger partial charge in [0, 0.05) is 18.6 Å². The van der Waals surface area contributed by atoms with Crippen LogP contribution in [-0.2, 0) is 4.79 Å². The number of methoxy groups -OCH3 is 1. The summed E-state index contributed by atoms with van der Waals surface area (Å²) in [7, 11) is 1.45. The molecular formula is C14H21N3O4. The van der Waals surface area contributed by atoms with E-state index in [-0.39, 0.29) is 11.6 Å². The van der Waals surface area contributed by atoms with E-state index in [0.717, 1.165) is 25.7 Å². The minimum atomic E-state index is -0.512. The maximum absolute atomic E-state index is 11.8. The number of carbonyl (C=O) groups is 1. The first-order valence-electron chi connectivity index (χ1n) is 6.91. The molecule has 1 aromatic rings. The summed E-state index contributed by atoms with van der Waals surface area (Å²) in [5.41, 5.74) is 5.62. The summed E-state index contributed by atoms with van der Waals surface area (Å²) in [6, 6.07) is 4.10. The molecule has 1 rings (SSSR count). The number of amides is 1. The highest BCUT2D eigenvalue weighted by molar-refractivity contribution is 5.92. The van der Waals surface area contributed by atoms with Gasteiger partial charge in [0.2, 0.25) is 5.91 Å². The van der Waals surface area contributed by atoms with Gasteiger partial charge >= 0.3 is 0 Å². The number of rotatable bonds is 9. The van der Waals surface area contributed by atoms with E-state index in [1.807, 2.05) is 0 Å². The molecule has 0 aliphatic carbocycles.